The minimum absolute atomic E-state index is 0.959. The van der Waals surface area contributed by atoms with Crippen molar-refractivity contribution in [1.29, 1.82) is 0 Å². The molecule has 2 heteroatoms. The van der Waals surface area contributed by atoms with Crippen LogP contribution in [0.4, 0.5) is 0 Å². The van der Waals surface area contributed by atoms with E-state index in [2.05, 4.69) is 34.9 Å². The number of nitrogens with one attached hydrogen (secondary N) is 2. The molecule has 2 aromatic carbocycles. The Bertz CT molecular complexity index is 356. The van der Waals surface area contributed by atoms with E-state index in [1.54, 1.807) is 0 Å². The maximum absolute atomic E-state index is 3.08. The van der Waals surface area contributed by atoms with Crippen LogP contribution in [0.2, 0.25) is 0 Å². The summed E-state index contributed by atoms with van der Waals surface area (Å²) < 4.78 is 0. The Morgan fingerprint density at radius 3 is 1.22 bits per heavy atom. The maximum atomic E-state index is 3.08. The number of rotatable bonds is 4. The summed E-state index contributed by atoms with van der Waals surface area (Å²) in [6, 6.07) is 20.7. The van der Waals surface area contributed by atoms with Gasteiger partial charge in [-0.25, -0.2) is 0 Å². The quantitative estimate of drug-likeness (QED) is 0.861. The van der Waals surface area contributed by atoms with Crippen LogP contribution >= 0.6 is 0 Å². The van der Waals surface area contributed by atoms with Gasteiger partial charge in [0.1, 0.15) is 0 Å². The van der Waals surface area contributed by atoms with E-state index in [0.29, 0.717) is 0 Å². The monoisotopic (exact) mass is 242 g/mol. The van der Waals surface area contributed by atoms with Gasteiger partial charge in [0.2, 0.25) is 0 Å². The second-order valence-corrected chi connectivity index (χ2v) is 4.03. The van der Waals surface area contributed by atoms with Gasteiger partial charge in [-0.3, -0.25) is 0 Å². The highest BCUT2D eigenvalue weighted by Crippen LogP contribution is 1.96. The van der Waals surface area contributed by atoms with Crippen molar-refractivity contribution in [2.75, 3.05) is 14.1 Å². The van der Waals surface area contributed by atoms with Crippen LogP contribution in [0.25, 0.3) is 0 Å². The molecule has 2 nitrogen and oxygen atoms in total. The zero-order valence-corrected chi connectivity index (χ0v) is 11.2. The number of hydrogen-bond acceptors (Lipinski definition) is 2. The van der Waals surface area contributed by atoms with E-state index in [4.69, 9.17) is 0 Å². The fourth-order valence-electron chi connectivity index (χ4n) is 1.60. The standard InChI is InChI=1S/2C8H11N/c2*1-9-7-8-5-3-2-4-6-8/h2*2-6,9H,7H2,1H3. The molecule has 0 heterocycles. The van der Waals surface area contributed by atoms with Crippen molar-refractivity contribution in [3.63, 3.8) is 0 Å². The van der Waals surface area contributed by atoms with Crippen LogP contribution in [0.3, 0.4) is 0 Å². The van der Waals surface area contributed by atoms with Gasteiger partial charge in [0, 0.05) is 13.1 Å². The first-order valence-electron chi connectivity index (χ1n) is 6.24. The molecule has 0 fully saturated rings. The largest absolute Gasteiger partial charge is 0.316 e. The highest BCUT2D eigenvalue weighted by Gasteiger charge is 1.84. The number of hydrogen-bond donors (Lipinski definition) is 2. The third-order valence-corrected chi connectivity index (χ3v) is 2.45. The van der Waals surface area contributed by atoms with Crippen molar-refractivity contribution < 1.29 is 0 Å². The summed E-state index contributed by atoms with van der Waals surface area (Å²) in [5.41, 5.74) is 2.67. The van der Waals surface area contributed by atoms with Crippen molar-refractivity contribution in [1.82, 2.24) is 10.6 Å². The Morgan fingerprint density at radius 2 is 0.944 bits per heavy atom. The summed E-state index contributed by atoms with van der Waals surface area (Å²) in [5.74, 6) is 0. The van der Waals surface area contributed by atoms with E-state index in [1.807, 2.05) is 50.5 Å². The molecule has 0 amide bonds. The smallest absolute Gasteiger partial charge is 0.0202 e. The zero-order valence-electron chi connectivity index (χ0n) is 11.2. The summed E-state index contributed by atoms with van der Waals surface area (Å²) in [6.07, 6.45) is 0. The molecule has 2 rings (SSSR count). The molecule has 0 unspecified atom stereocenters. The van der Waals surface area contributed by atoms with Crippen molar-refractivity contribution >= 4 is 0 Å². The van der Waals surface area contributed by atoms with Gasteiger partial charge in [0.05, 0.1) is 0 Å². The van der Waals surface area contributed by atoms with E-state index in [0.717, 1.165) is 13.1 Å². The maximum Gasteiger partial charge on any atom is 0.0202 e. The molecular weight excluding hydrogens is 220 g/mol. The fourth-order valence-corrected chi connectivity index (χ4v) is 1.60. The molecule has 0 aliphatic rings. The molecular formula is C16H22N2. The third-order valence-electron chi connectivity index (χ3n) is 2.45. The Balaban J connectivity index is 0.000000180. The van der Waals surface area contributed by atoms with Gasteiger partial charge in [-0.2, -0.15) is 0 Å². The summed E-state index contributed by atoms with van der Waals surface area (Å²) in [6.45, 7) is 1.92. The van der Waals surface area contributed by atoms with Gasteiger partial charge in [-0.05, 0) is 25.2 Å². The molecule has 0 saturated carbocycles. The van der Waals surface area contributed by atoms with Crippen molar-refractivity contribution in [3.8, 4) is 0 Å². The van der Waals surface area contributed by atoms with Crippen LogP contribution in [0, 0.1) is 0 Å². The summed E-state index contributed by atoms with van der Waals surface area (Å²) in [4.78, 5) is 0. The first-order chi connectivity index (χ1) is 8.86. The Hall–Kier alpha value is -1.64. The zero-order chi connectivity index (χ0) is 13.1. The van der Waals surface area contributed by atoms with Crippen molar-refractivity contribution in [3.05, 3.63) is 71.8 Å². The Morgan fingerprint density at radius 1 is 0.611 bits per heavy atom. The highest BCUT2D eigenvalue weighted by atomic mass is 14.8. The highest BCUT2D eigenvalue weighted by molar-refractivity contribution is 5.14. The SMILES string of the molecule is CNCc1ccccc1.CNCc1ccccc1. The molecule has 0 aliphatic carbocycles. The van der Waals surface area contributed by atoms with E-state index in [9.17, 15) is 0 Å². The van der Waals surface area contributed by atoms with E-state index >= 15 is 0 Å². The van der Waals surface area contributed by atoms with Crippen LogP contribution in [-0.2, 0) is 13.1 Å². The molecule has 0 radical (unpaired) electrons. The minimum atomic E-state index is 0.959. The van der Waals surface area contributed by atoms with Gasteiger partial charge in [0.15, 0.2) is 0 Å². The third kappa shape index (κ3) is 6.18. The Kier molecular flexibility index (Phi) is 7.53. The molecule has 0 bridgehead atoms. The average molecular weight is 242 g/mol. The predicted molar refractivity (Wildman–Crippen MR) is 78.4 cm³/mol. The van der Waals surface area contributed by atoms with Crippen LogP contribution in [0.5, 0.6) is 0 Å². The lowest BCUT2D eigenvalue weighted by Gasteiger charge is -1.95. The fraction of sp³-hybridized carbons (Fsp3) is 0.250. The molecule has 18 heavy (non-hydrogen) atoms. The van der Waals surface area contributed by atoms with E-state index in [1.165, 1.54) is 11.1 Å². The van der Waals surface area contributed by atoms with Crippen LogP contribution < -0.4 is 10.6 Å². The lowest BCUT2D eigenvalue weighted by molar-refractivity contribution is 0.818. The molecule has 2 N–H and O–H groups in total. The first-order valence-corrected chi connectivity index (χ1v) is 6.24. The molecule has 0 aliphatic heterocycles. The van der Waals surface area contributed by atoms with Gasteiger partial charge < -0.3 is 10.6 Å². The lowest BCUT2D eigenvalue weighted by Crippen LogP contribution is -2.04. The molecule has 2 aromatic rings. The van der Waals surface area contributed by atoms with Crippen LogP contribution in [0.15, 0.2) is 60.7 Å². The van der Waals surface area contributed by atoms with Gasteiger partial charge in [-0.15, -0.1) is 0 Å². The molecule has 0 spiro atoms. The van der Waals surface area contributed by atoms with E-state index < -0.39 is 0 Å². The minimum Gasteiger partial charge on any atom is -0.316 e. The second-order valence-electron chi connectivity index (χ2n) is 4.03. The topological polar surface area (TPSA) is 24.1 Å². The summed E-state index contributed by atoms with van der Waals surface area (Å²) in [7, 11) is 3.90. The van der Waals surface area contributed by atoms with Gasteiger partial charge in [-0.1, -0.05) is 60.7 Å². The van der Waals surface area contributed by atoms with Crippen LogP contribution in [0.1, 0.15) is 11.1 Å². The van der Waals surface area contributed by atoms with Gasteiger partial charge in [0.25, 0.3) is 0 Å². The summed E-state index contributed by atoms with van der Waals surface area (Å²) in [5, 5.41) is 6.17. The van der Waals surface area contributed by atoms with Crippen LogP contribution in [-0.4, -0.2) is 14.1 Å². The molecule has 96 valence electrons. The molecule has 0 aromatic heterocycles. The lowest BCUT2D eigenvalue weighted by atomic mass is 10.2. The normalized spacial score (nSPS) is 9.44. The van der Waals surface area contributed by atoms with Crippen molar-refractivity contribution in [2.45, 2.75) is 13.1 Å². The summed E-state index contributed by atoms with van der Waals surface area (Å²) >= 11 is 0. The Labute approximate surface area is 110 Å². The molecule has 0 saturated heterocycles. The number of benzene rings is 2. The van der Waals surface area contributed by atoms with Gasteiger partial charge >= 0.3 is 0 Å². The predicted octanol–water partition coefficient (Wildman–Crippen LogP) is 2.81. The van der Waals surface area contributed by atoms with E-state index in [-0.39, 0.29) is 0 Å². The van der Waals surface area contributed by atoms with Crippen molar-refractivity contribution in [2.24, 2.45) is 0 Å². The first kappa shape index (κ1) is 14.4. The molecule has 0 atom stereocenters. The average Bonchev–Trinajstić information content (AvgIpc) is 2.43. The second kappa shape index (κ2) is 9.40.